The summed E-state index contributed by atoms with van der Waals surface area (Å²) >= 11 is 0. The molecular formula is C12H16N2O2. The lowest BCUT2D eigenvalue weighted by atomic mass is 10.3. The summed E-state index contributed by atoms with van der Waals surface area (Å²) in [7, 11) is 0. The van der Waals surface area contributed by atoms with E-state index in [1.165, 1.54) is 0 Å². The van der Waals surface area contributed by atoms with Gasteiger partial charge < -0.3 is 14.5 Å². The maximum atomic E-state index is 5.50. The molecule has 0 unspecified atom stereocenters. The summed E-state index contributed by atoms with van der Waals surface area (Å²) in [4.78, 5) is 7.49. The molecule has 0 radical (unpaired) electrons. The van der Waals surface area contributed by atoms with Gasteiger partial charge >= 0.3 is 0 Å². The summed E-state index contributed by atoms with van der Waals surface area (Å²) in [5.74, 6) is 0. The molecule has 2 heterocycles. The van der Waals surface area contributed by atoms with Crippen LogP contribution in [0.3, 0.4) is 0 Å². The molecular weight excluding hydrogens is 204 g/mol. The van der Waals surface area contributed by atoms with Gasteiger partial charge in [-0.2, -0.15) is 0 Å². The molecule has 1 N–H and O–H groups in total. The highest BCUT2D eigenvalue weighted by atomic mass is 16.7. The Bertz CT molecular complexity index is 447. The van der Waals surface area contributed by atoms with Crippen molar-refractivity contribution in [1.29, 1.82) is 0 Å². The second-order valence-electron chi connectivity index (χ2n) is 3.42. The molecule has 0 amide bonds. The van der Waals surface area contributed by atoms with Crippen molar-refractivity contribution in [2.45, 2.75) is 20.1 Å². The van der Waals surface area contributed by atoms with Gasteiger partial charge in [0.05, 0.1) is 5.69 Å². The molecule has 0 saturated carbocycles. The molecule has 2 aromatic heterocycles. The highest BCUT2D eigenvalue weighted by molar-refractivity contribution is 5.78. The van der Waals surface area contributed by atoms with E-state index in [1.54, 1.807) is 0 Å². The first-order valence-corrected chi connectivity index (χ1v) is 5.51. The van der Waals surface area contributed by atoms with Gasteiger partial charge in [-0.3, -0.25) is 4.98 Å². The van der Waals surface area contributed by atoms with Crippen LogP contribution < -0.4 is 0 Å². The average Bonchev–Trinajstić information content (AvgIpc) is 2.75. The molecule has 86 valence electrons. The van der Waals surface area contributed by atoms with Crippen molar-refractivity contribution in [3.8, 4) is 0 Å². The maximum Gasteiger partial charge on any atom is 0.201 e. The first kappa shape index (κ1) is 11.1. The Morgan fingerprint density at radius 3 is 2.75 bits per heavy atom. The van der Waals surface area contributed by atoms with Crippen molar-refractivity contribution in [3.63, 3.8) is 0 Å². The number of rotatable bonds is 5. The first-order valence-electron chi connectivity index (χ1n) is 5.51. The minimum Gasteiger partial charge on any atom is -0.361 e. The van der Waals surface area contributed by atoms with Crippen LogP contribution in [0.4, 0.5) is 0 Å². The highest BCUT2D eigenvalue weighted by Gasteiger charge is 2.13. The zero-order valence-corrected chi connectivity index (χ0v) is 9.56. The second-order valence-corrected chi connectivity index (χ2v) is 3.42. The van der Waals surface area contributed by atoms with Gasteiger partial charge in [0.25, 0.3) is 0 Å². The van der Waals surface area contributed by atoms with E-state index in [4.69, 9.17) is 9.47 Å². The van der Waals surface area contributed by atoms with Crippen LogP contribution in [-0.4, -0.2) is 23.2 Å². The topological polar surface area (TPSA) is 47.1 Å². The number of ether oxygens (including phenoxy) is 2. The lowest BCUT2D eigenvalue weighted by molar-refractivity contribution is -0.142. The summed E-state index contributed by atoms with van der Waals surface area (Å²) in [5, 5.41) is 1.09. The monoisotopic (exact) mass is 220 g/mol. The van der Waals surface area contributed by atoms with E-state index < -0.39 is 0 Å². The lowest BCUT2D eigenvalue weighted by Crippen LogP contribution is -2.10. The molecule has 0 saturated heterocycles. The van der Waals surface area contributed by atoms with E-state index >= 15 is 0 Å². The van der Waals surface area contributed by atoms with Crippen LogP contribution in [0, 0.1) is 0 Å². The summed E-state index contributed by atoms with van der Waals surface area (Å²) < 4.78 is 11.0. The number of nitrogens with one attached hydrogen (secondary N) is 1. The molecule has 0 spiro atoms. The van der Waals surface area contributed by atoms with Crippen LogP contribution in [0.25, 0.3) is 10.9 Å². The number of aromatic amines is 1. The van der Waals surface area contributed by atoms with Crippen LogP contribution in [-0.2, 0) is 9.47 Å². The molecule has 4 heteroatoms. The fourth-order valence-electron chi connectivity index (χ4n) is 1.61. The Balaban J connectivity index is 2.28. The van der Waals surface area contributed by atoms with Crippen LogP contribution in [0.1, 0.15) is 25.8 Å². The van der Waals surface area contributed by atoms with Crippen LogP contribution in [0.2, 0.25) is 0 Å². The van der Waals surface area contributed by atoms with E-state index in [2.05, 4.69) is 9.97 Å². The number of H-pyrrole nitrogens is 1. The van der Waals surface area contributed by atoms with Crippen molar-refractivity contribution >= 4 is 10.9 Å². The maximum absolute atomic E-state index is 5.50. The zero-order valence-electron chi connectivity index (χ0n) is 9.56. The van der Waals surface area contributed by atoms with Gasteiger partial charge in [-0.15, -0.1) is 0 Å². The third-order valence-electron chi connectivity index (χ3n) is 2.34. The molecule has 0 atom stereocenters. The second kappa shape index (κ2) is 5.09. The van der Waals surface area contributed by atoms with Gasteiger partial charge in [0.2, 0.25) is 6.29 Å². The number of nitrogens with zero attached hydrogens (tertiary/aromatic N) is 1. The number of pyridine rings is 1. The van der Waals surface area contributed by atoms with Crippen molar-refractivity contribution in [2.24, 2.45) is 0 Å². The number of hydrogen-bond donors (Lipinski definition) is 1. The van der Waals surface area contributed by atoms with Gasteiger partial charge in [0.1, 0.15) is 0 Å². The van der Waals surface area contributed by atoms with Crippen molar-refractivity contribution in [2.75, 3.05) is 13.2 Å². The Morgan fingerprint density at radius 2 is 2.06 bits per heavy atom. The summed E-state index contributed by atoms with van der Waals surface area (Å²) in [5.41, 5.74) is 1.85. The third kappa shape index (κ3) is 2.23. The molecule has 0 fully saturated rings. The molecule has 4 nitrogen and oxygen atoms in total. The first-order chi connectivity index (χ1) is 7.85. The molecule has 0 aliphatic carbocycles. The summed E-state index contributed by atoms with van der Waals surface area (Å²) in [6.07, 6.45) is 3.35. The summed E-state index contributed by atoms with van der Waals surface area (Å²) in [6.45, 7) is 5.10. The number of hydrogen-bond acceptors (Lipinski definition) is 3. The average molecular weight is 220 g/mol. The van der Waals surface area contributed by atoms with Crippen LogP contribution in [0.5, 0.6) is 0 Å². The normalized spacial score (nSPS) is 11.4. The Hall–Kier alpha value is -1.39. The van der Waals surface area contributed by atoms with Gasteiger partial charge in [0, 0.05) is 36.5 Å². The lowest BCUT2D eigenvalue weighted by Gasteiger charge is -2.16. The highest BCUT2D eigenvalue weighted by Crippen LogP contribution is 2.20. The van der Waals surface area contributed by atoms with E-state index in [0.29, 0.717) is 13.2 Å². The number of fused-ring (bicyclic) bond motifs is 1. The molecule has 0 aromatic carbocycles. The molecule has 2 rings (SSSR count). The fourth-order valence-corrected chi connectivity index (χ4v) is 1.61. The largest absolute Gasteiger partial charge is 0.361 e. The van der Waals surface area contributed by atoms with Crippen molar-refractivity contribution in [3.05, 3.63) is 30.2 Å². The van der Waals surface area contributed by atoms with E-state index in [-0.39, 0.29) is 6.29 Å². The van der Waals surface area contributed by atoms with E-state index in [9.17, 15) is 0 Å². The molecule has 2 aromatic rings. The third-order valence-corrected chi connectivity index (χ3v) is 2.34. The minimum absolute atomic E-state index is 0.373. The van der Waals surface area contributed by atoms with Gasteiger partial charge in [-0.25, -0.2) is 0 Å². The molecule has 0 aliphatic heterocycles. The fraction of sp³-hybridized carbons (Fsp3) is 0.417. The van der Waals surface area contributed by atoms with Gasteiger partial charge in [-0.05, 0) is 26.0 Å². The standard InChI is InChI=1S/C12H16N2O2/c1-3-15-12(16-4-2)11-7-10-9(8-14-11)5-6-13-10/h5-8,12-13H,3-4H2,1-2H3. The Kier molecular flexibility index (Phi) is 3.54. The molecule has 0 bridgehead atoms. The Morgan fingerprint density at radius 1 is 1.31 bits per heavy atom. The number of aromatic nitrogens is 2. The van der Waals surface area contributed by atoms with E-state index in [0.717, 1.165) is 16.6 Å². The van der Waals surface area contributed by atoms with Crippen LogP contribution >= 0.6 is 0 Å². The van der Waals surface area contributed by atoms with Crippen molar-refractivity contribution in [1.82, 2.24) is 9.97 Å². The molecule has 16 heavy (non-hydrogen) atoms. The van der Waals surface area contributed by atoms with Gasteiger partial charge in [-0.1, -0.05) is 0 Å². The van der Waals surface area contributed by atoms with E-state index in [1.807, 2.05) is 38.4 Å². The van der Waals surface area contributed by atoms with Gasteiger partial charge in [0.15, 0.2) is 0 Å². The summed E-state index contributed by atoms with van der Waals surface area (Å²) in [6, 6.07) is 3.95. The predicted octanol–water partition coefficient (Wildman–Crippen LogP) is 2.63. The quantitative estimate of drug-likeness (QED) is 0.788. The zero-order chi connectivity index (χ0) is 11.4. The van der Waals surface area contributed by atoms with Crippen molar-refractivity contribution < 1.29 is 9.47 Å². The SMILES string of the molecule is CCOC(OCC)c1cc2[nH]ccc2cn1. The minimum atomic E-state index is -0.373. The van der Waals surface area contributed by atoms with Crippen LogP contribution in [0.15, 0.2) is 24.5 Å². The smallest absolute Gasteiger partial charge is 0.201 e. The predicted molar refractivity (Wildman–Crippen MR) is 62.1 cm³/mol. The Labute approximate surface area is 94.6 Å². The molecule has 0 aliphatic rings.